The molecule has 1 aliphatic heterocycles. The minimum Gasteiger partial charge on any atom is -0.378 e. The fourth-order valence-electron chi connectivity index (χ4n) is 2.39. The molecule has 1 saturated heterocycles. The van der Waals surface area contributed by atoms with Gasteiger partial charge in [0.15, 0.2) is 5.11 Å². The van der Waals surface area contributed by atoms with E-state index in [0.717, 1.165) is 48.7 Å². The first-order chi connectivity index (χ1) is 9.79. The van der Waals surface area contributed by atoms with Crippen molar-refractivity contribution in [2.24, 2.45) is 0 Å². The molecule has 0 saturated carbocycles. The number of hydrogen-bond acceptors (Lipinski definition) is 4. The lowest BCUT2D eigenvalue weighted by molar-refractivity contribution is 0.123. The number of aromatic nitrogens is 2. The normalized spacial score (nSPS) is 15.3. The van der Waals surface area contributed by atoms with Crippen LogP contribution in [0.4, 0.5) is 11.4 Å². The molecule has 3 rings (SSSR count). The Morgan fingerprint density at radius 2 is 2.25 bits per heavy atom. The topological polar surface area (TPSA) is 65.2 Å². The van der Waals surface area contributed by atoms with E-state index in [1.807, 2.05) is 18.5 Å². The number of nitrogens with one attached hydrogen (secondary N) is 3. The van der Waals surface area contributed by atoms with Gasteiger partial charge in [-0.05, 0) is 18.3 Å². The predicted molar refractivity (Wildman–Crippen MR) is 84.4 cm³/mol. The number of pyridine rings is 1. The molecule has 20 heavy (non-hydrogen) atoms. The second-order valence-electron chi connectivity index (χ2n) is 4.56. The second kappa shape index (κ2) is 5.64. The van der Waals surface area contributed by atoms with E-state index in [0.29, 0.717) is 5.11 Å². The molecule has 0 amide bonds. The maximum Gasteiger partial charge on any atom is 0.170 e. The van der Waals surface area contributed by atoms with Crippen molar-refractivity contribution in [2.45, 2.75) is 0 Å². The smallest absolute Gasteiger partial charge is 0.170 e. The van der Waals surface area contributed by atoms with Gasteiger partial charge in [-0.3, -0.25) is 0 Å². The lowest BCUT2D eigenvalue weighted by Gasteiger charge is -2.29. The summed E-state index contributed by atoms with van der Waals surface area (Å²) in [5.74, 6) is 0. The minimum atomic E-state index is 0.586. The molecule has 3 N–H and O–H groups in total. The molecule has 1 aliphatic rings. The van der Waals surface area contributed by atoms with Crippen LogP contribution in [-0.2, 0) is 4.74 Å². The molecule has 0 aliphatic carbocycles. The van der Waals surface area contributed by atoms with Gasteiger partial charge in [-0.25, -0.2) is 4.98 Å². The summed E-state index contributed by atoms with van der Waals surface area (Å²) < 4.78 is 5.42. The molecule has 0 spiro atoms. The number of thiocarbonyl (C=S) groups is 1. The highest BCUT2D eigenvalue weighted by atomic mass is 32.1. The van der Waals surface area contributed by atoms with Crippen molar-refractivity contribution in [3.8, 4) is 0 Å². The molecule has 0 aromatic carbocycles. The number of morpholine rings is 1. The number of hydrogen-bond donors (Lipinski definition) is 3. The van der Waals surface area contributed by atoms with E-state index >= 15 is 0 Å². The number of nitrogens with zero attached hydrogens (tertiary/aromatic N) is 2. The fraction of sp³-hybridized carbons (Fsp3) is 0.385. The maximum atomic E-state index is 5.42. The molecule has 0 unspecified atom stereocenters. The van der Waals surface area contributed by atoms with Gasteiger partial charge in [0.2, 0.25) is 0 Å². The SMILES string of the molecule is CNC(=S)Nc1c[nH]c2nccc(N3CCOCC3)c12. The average Bonchev–Trinajstić information content (AvgIpc) is 2.91. The zero-order chi connectivity index (χ0) is 13.9. The van der Waals surface area contributed by atoms with E-state index in [1.165, 1.54) is 0 Å². The third-order valence-corrected chi connectivity index (χ3v) is 3.68. The van der Waals surface area contributed by atoms with Crippen LogP contribution in [0, 0.1) is 0 Å². The molecule has 7 heteroatoms. The van der Waals surface area contributed by atoms with Crippen LogP contribution in [0.1, 0.15) is 0 Å². The van der Waals surface area contributed by atoms with E-state index in [-0.39, 0.29) is 0 Å². The Bertz CT molecular complexity index is 620. The van der Waals surface area contributed by atoms with Crippen molar-refractivity contribution in [2.75, 3.05) is 43.6 Å². The van der Waals surface area contributed by atoms with Gasteiger partial charge in [-0.2, -0.15) is 0 Å². The molecule has 0 atom stereocenters. The van der Waals surface area contributed by atoms with E-state index < -0.39 is 0 Å². The number of ether oxygens (including phenoxy) is 1. The van der Waals surface area contributed by atoms with Crippen molar-refractivity contribution >= 4 is 39.7 Å². The summed E-state index contributed by atoms with van der Waals surface area (Å²) in [6.45, 7) is 3.29. The van der Waals surface area contributed by atoms with Gasteiger partial charge in [0.05, 0.1) is 30.0 Å². The zero-order valence-electron chi connectivity index (χ0n) is 11.3. The first-order valence-electron chi connectivity index (χ1n) is 6.57. The van der Waals surface area contributed by atoms with Crippen LogP contribution in [0.2, 0.25) is 0 Å². The summed E-state index contributed by atoms with van der Waals surface area (Å²) in [6, 6.07) is 2.04. The first kappa shape index (κ1) is 13.1. The van der Waals surface area contributed by atoms with Crippen LogP contribution in [0.15, 0.2) is 18.5 Å². The van der Waals surface area contributed by atoms with Crippen molar-refractivity contribution in [1.29, 1.82) is 0 Å². The Morgan fingerprint density at radius 3 is 3.00 bits per heavy atom. The number of fused-ring (bicyclic) bond motifs is 1. The van der Waals surface area contributed by atoms with Gasteiger partial charge in [0, 0.05) is 32.5 Å². The standard InChI is InChI=1S/C13H17N5OS/c1-14-13(20)17-9-8-16-12-11(9)10(2-3-15-12)18-4-6-19-7-5-18/h2-3,8H,4-7H2,1H3,(H,15,16)(H2,14,17,20). The lowest BCUT2D eigenvalue weighted by Crippen LogP contribution is -2.36. The van der Waals surface area contributed by atoms with Crippen LogP contribution < -0.4 is 15.5 Å². The summed E-state index contributed by atoms with van der Waals surface area (Å²) in [4.78, 5) is 9.87. The van der Waals surface area contributed by atoms with Crippen molar-refractivity contribution < 1.29 is 4.74 Å². The van der Waals surface area contributed by atoms with Crippen LogP contribution in [0.5, 0.6) is 0 Å². The molecule has 0 bridgehead atoms. The van der Waals surface area contributed by atoms with Gasteiger partial charge in [0.1, 0.15) is 5.65 Å². The summed E-state index contributed by atoms with van der Waals surface area (Å²) in [5, 5.41) is 7.75. The zero-order valence-corrected chi connectivity index (χ0v) is 12.1. The van der Waals surface area contributed by atoms with E-state index in [2.05, 4.69) is 25.5 Å². The average molecular weight is 291 g/mol. The van der Waals surface area contributed by atoms with Crippen LogP contribution >= 0.6 is 12.2 Å². The third kappa shape index (κ3) is 2.41. The van der Waals surface area contributed by atoms with Gasteiger partial charge in [-0.1, -0.05) is 0 Å². The summed E-state index contributed by atoms with van der Waals surface area (Å²) >= 11 is 5.18. The monoisotopic (exact) mass is 291 g/mol. The Hall–Kier alpha value is -1.86. The largest absolute Gasteiger partial charge is 0.378 e. The highest BCUT2D eigenvalue weighted by Gasteiger charge is 2.17. The Kier molecular flexibility index (Phi) is 3.70. The molecule has 1 fully saturated rings. The predicted octanol–water partition coefficient (Wildman–Crippen LogP) is 1.32. The van der Waals surface area contributed by atoms with Crippen LogP contribution in [0.3, 0.4) is 0 Å². The molecule has 2 aromatic rings. The van der Waals surface area contributed by atoms with Crippen LogP contribution in [0.25, 0.3) is 11.0 Å². The van der Waals surface area contributed by atoms with Crippen molar-refractivity contribution in [1.82, 2.24) is 15.3 Å². The highest BCUT2D eigenvalue weighted by Crippen LogP contribution is 2.32. The summed E-state index contributed by atoms with van der Waals surface area (Å²) in [5.41, 5.74) is 2.95. The number of rotatable bonds is 2. The number of anilines is 2. The summed E-state index contributed by atoms with van der Waals surface area (Å²) in [7, 11) is 1.80. The molecule has 2 aromatic heterocycles. The molecule has 106 valence electrons. The molecular weight excluding hydrogens is 274 g/mol. The Labute approximate surface area is 122 Å². The number of aromatic amines is 1. The second-order valence-corrected chi connectivity index (χ2v) is 4.97. The van der Waals surface area contributed by atoms with Crippen molar-refractivity contribution in [3.63, 3.8) is 0 Å². The molecule has 3 heterocycles. The summed E-state index contributed by atoms with van der Waals surface area (Å²) in [6.07, 6.45) is 3.72. The maximum absolute atomic E-state index is 5.42. The van der Waals surface area contributed by atoms with E-state index in [9.17, 15) is 0 Å². The minimum absolute atomic E-state index is 0.586. The quantitative estimate of drug-likeness (QED) is 0.725. The third-order valence-electron chi connectivity index (χ3n) is 3.38. The van der Waals surface area contributed by atoms with E-state index in [4.69, 9.17) is 17.0 Å². The molecule has 6 nitrogen and oxygen atoms in total. The number of H-pyrrole nitrogens is 1. The first-order valence-corrected chi connectivity index (χ1v) is 6.98. The molecular formula is C13H17N5OS. The highest BCUT2D eigenvalue weighted by molar-refractivity contribution is 7.80. The van der Waals surface area contributed by atoms with Gasteiger partial charge in [0.25, 0.3) is 0 Å². The Morgan fingerprint density at radius 1 is 1.45 bits per heavy atom. The molecule has 0 radical (unpaired) electrons. The Balaban J connectivity index is 2.02. The van der Waals surface area contributed by atoms with Gasteiger partial charge >= 0.3 is 0 Å². The van der Waals surface area contributed by atoms with Crippen molar-refractivity contribution in [3.05, 3.63) is 18.5 Å². The van der Waals surface area contributed by atoms with Gasteiger partial charge in [-0.15, -0.1) is 0 Å². The van der Waals surface area contributed by atoms with E-state index in [1.54, 1.807) is 7.05 Å². The van der Waals surface area contributed by atoms with Crippen LogP contribution in [-0.4, -0.2) is 48.4 Å². The fourth-order valence-corrected chi connectivity index (χ4v) is 2.50. The lowest BCUT2D eigenvalue weighted by atomic mass is 10.2. The van der Waals surface area contributed by atoms with Gasteiger partial charge < -0.3 is 25.3 Å².